The van der Waals surface area contributed by atoms with Crippen LogP contribution in [0.25, 0.3) is 0 Å². The molecule has 266 valence electrons. The molecule has 0 aromatic heterocycles. The van der Waals surface area contributed by atoms with Crippen LogP contribution in [0.15, 0.2) is 12.7 Å². The zero-order valence-corrected chi connectivity index (χ0v) is 31.0. The molecule has 45 heavy (non-hydrogen) atoms. The number of rotatable bonds is 38. The predicted octanol–water partition coefficient (Wildman–Crippen LogP) is 11.4. The fraction of sp³-hybridized carbons (Fsp3) is 0.897. The van der Waals surface area contributed by atoms with Gasteiger partial charge in [0.15, 0.2) is 0 Å². The fourth-order valence-electron chi connectivity index (χ4n) is 5.94. The average Bonchev–Trinajstić information content (AvgIpc) is 3.04. The van der Waals surface area contributed by atoms with E-state index in [2.05, 4.69) is 30.0 Å². The zero-order valence-electron chi connectivity index (χ0n) is 30.1. The lowest BCUT2D eigenvalue weighted by Gasteiger charge is -2.22. The van der Waals surface area contributed by atoms with Crippen molar-refractivity contribution in [2.75, 3.05) is 31.9 Å². The summed E-state index contributed by atoms with van der Waals surface area (Å²) in [7, 11) is 0. The lowest BCUT2D eigenvalue weighted by Crippen LogP contribution is -2.29. The first-order chi connectivity index (χ1) is 22.2. The van der Waals surface area contributed by atoms with Crippen LogP contribution in [0, 0.1) is 0 Å². The Bertz CT molecular complexity index is 617. The summed E-state index contributed by atoms with van der Waals surface area (Å²) in [4.78, 5) is 25.9. The van der Waals surface area contributed by atoms with E-state index in [0.717, 1.165) is 57.2 Å². The Hall–Kier alpha value is -0.850. The Kier molecular flexibility index (Phi) is 36.9. The van der Waals surface area contributed by atoms with E-state index in [0.29, 0.717) is 12.8 Å². The van der Waals surface area contributed by atoms with Crippen molar-refractivity contribution in [1.29, 1.82) is 0 Å². The number of aldehydes is 1. The molecule has 0 aromatic carbocycles. The van der Waals surface area contributed by atoms with Gasteiger partial charge < -0.3 is 14.4 Å². The molecule has 0 saturated carbocycles. The Morgan fingerprint density at radius 1 is 0.689 bits per heavy atom. The van der Waals surface area contributed by atoms with E-state index in [1.807, 2.05) is 6.08 Å². The summed E-state index contributed by atoms with van der Waals surface area (Å²) in [6.07, 6.45) is 34.9. The number of esters is 1. The van der Waals surface area contributed by atoms with E-state index in [4.69, 9.17) is 4.74 Å². The Morgan fingerprint density at radius 3 is 1.73 bits per heavy atom. The predicted molar refractivity (Wildman–Crippen MR) is 199 cm³/mol. The van der Waals surface area contributed by atoms with Crippen LogP contribution in [0.3, 0.4) is 0 Å². The summed E-state index contributed by atoms with van der Waals surface area (Å²) in [6, 6.07) is 0. The molecule has 0 spiro atoms. The zero-order chi connectivity index (χ0) is 32.9. The van der Waals surface area contributed by atoms with Gasteiger partial charge in [0.05, 0.1) is 0 Å². The summed E-state index contributed by atoms with van der Waals surface area (Å²) < 4.78 is 9.47. The lowest BCUT2D eigenvalue weighted by atomic mass is 10.0. The Balaban J connectivity index is 4.25. The van der Waals surface area contributed by atoms with Crippen LogP contribution >= 0.6 is 11.9 Å². The second-order valence-electron chi connectivity index (χ2n) is 13.2. The smallest absolute Gasteiger partial charge is 0.306 e. The molecule has 0 amide bonds. The number of hydrogen-bond acceptors (Lipinski definition) is 6. The van der Waals surface area contributed by atoms with Gasteiger partial charge in [-0.05, 0) is 77.4 Å². The summed E-state index contributed by atoms with van der Waals surface area (Å²) in [5.74, 6) is 0.985. The minimum Gasteiger partial charge on any atom is -0.462 e. The normalized spacial score (nSPS) is 11.5. The number of nitrogens with one attached hydrogen (secondary N) is 1. The maximum absolute atomic E-state index is 12.7. The first-order valence-electron chi connectivity index (χ1n) is 19.5. The first kappa shape index (κ1) is 44.1. The monoisotopic (exact) mass is 653 g/mol. The first-order valence-corrected chi connectivity index (χ1v) is 20.5. The van der Waals surface area contributed by atoms with Crippen molar-refractivity contribution in [1.82, 2.24) is 9.62 Å². The summed E-state index contributed by atoms with van der Waals surface area (Å²) in [6.45, 7) is 12.9. The molecule has 5 nitrogen and oxygen atoms in total. The third-order valence-electron chi connectivity index (χ3n) is 8.77. The number of nitrogens with zero attached hydrogens (tertiary/aromatic N) is 1. The maximum atomic E-state index is 12.7. The molecule has 0 fully saturated rings. The molecular formula is C39H76N2O3S. The molecule has 1 N–H and O–H groups in total. The molecule has 0 bridgehead atoms. The van der Waals surface area contributed by atoms with Crippen LogP contribution in [-0.2, 0) is 14.3 Å². The highest BCUT2D eigenvalue weighted by Gasteiger charge is 2.14. The average molecular weight is 653 g/mol. The molecular weight excluding hydrogens is 577 g/mol. The minimum absolute atomic E-state index is 0.0363. The highest BCUT2D eigenvalue weighted by atomic mass is 32.2. The standard InChI is InChI=1S/C39H76N2O3S/c1-4-7-9-11-16-22-29-38(30-23-17-12-10-8-5-2)44-39(43)31-24-18-15-20-26-34-41(35-28-32-40-45-37-6-3)33-25-19-13-14-21-27-36-42/h6,36,38,40H,3-5,7-35,37H2,1-2H3. The van der Waals surface area contributed by atoms with Crippen LogP contribution in [0.1, 0.15) is 187 Å². The molecule has 0 radical (unpaired) electrons. The molecule has 0 aliphatic rings. The van der Waals surface area contributed by atoms with Crippen LogP contribution in [0.4, 0.5) is 0 Å². The summed E-state index contributed by atoms with van der Waals surface area (Å²) >= 11 is 1.74. The van der Waals surface area contributed by atoms with E-state index in [9.17, 15) is 9.59 Å². The van der Waals surface area contributed by atoms with E-state index in [1.54, 1.807) is 11.9 Å². The van der Waals surface area contributed by atoms with Gasteiger partial charge in [-0.1, -0.05) is 135 Å². The third kappa shape index (κ3) is 34.3. The van der Waals surface area contributed by atoms with Crippen LogP contribution in [-0.4, -0.2) is 55.2 Å². The topological polar surface area (TPSA) is 58.6 Å². The van der Waals surface area contributed by atoms with Gasteiger partial charge in [0.2, 0.25) is 0 Å². The van der Waals surface area contributed by atoms with Gasteiger partial charge in [-0.25, -0.2) is 0 Å². The van der Waals surface area contributed by atoms with Gasteiger partial charge in [0.1, 0.15) is 12.4 Å². The molecule has 0 heterocycles. The van der Waals surface area contributed by atoms with Gasteiger partial charge in [-0.3, -0.25) is 9.52 Å². The summed E-state index contributed by atoms with van der Waals surface area (Å²) in [5.41, 5.74) is 0. The van der Waals surface area contributed by atoms with Crippen molar-refractivity contribution in [3.63, 3.8) is 0 Å². The molecule has 0 unspecified atom stereocenters. The molecule has 0 saturated heterocycles. The van der Waals surface area contributed by atoms with E-state index >= 15 is 0 Å². The molecule has 0 rings (SSSR count). The number of carbonyl (C=O) groups excluding carboxylic acids is 2. The quantitative estimate of drug-likeness (QED) is 0.0235. The van der Waals surface area contributed by atoms with Gasteiger partial charge in [0, 0.05) is 25.1 Å². The highest BCUT2D eigenvalue weighted by molar-refractivity contribution is 7.97. The van der Waals surface area contributed by atoms with Gasteiger partial charge >= 0.3 is 5.97 Å². The molecule has 6 heteroatoms. The highest BCUT2D eigenvalue weighted by Crippen LogP contribution is 2.18. The number of ether oxygens (including phenoxy) is 1. The van der Waals surface area contributed by atoms with Crippen LogP contribution < -0.4 is 4.72 Å². The van der Waals surface area contributed by atoms with Crippen molar-refractivity contribution < 1.29 is 14.3 Å². The van der Waals surface area contributed by atoms with Crippen molar-refractivity contribution in [3.05, 3.63) is 12.7 Å². The van der Waals surface area contributed by atoms with Gasteiger partial charge in [-0.15, -0.1) is 6.58 Å². The number of hydrogen-bond donors (Lipinski definition) is 1. The van der Waals surface area contributed by atoms with Crippen molar-refractivity contribution >= 4 is 24.2 Å². The minimum atomic E-state index is 0.0363. The van der Waals surface area contributed by atoms with E-state index < -0.39 is 0 Å². The van der Waals surface area contributed by atoms with Crippen molar-refractivity contribution in [3.8, 4) is 0 Å². The summed E-state index contributed by atoms with van der Waals surface area (Å²) in [5, 5.41) is 0. The molecule has 0 aliphatic carbocycles. The fourth-order valence-corrected chi connectivity index (χ4v) is 6.46. The second kappa shape index (κ2) is 37.6. The number of unbranched alkanes of at least 4 members (excludes halogenated alkanes) is 19. The largest absolute Gasteiger partial charge is 0.462 e. The Labute approximate surface area is 285 Å². The Morgan fingerprint density at radius 2 is 1.18 bits per heavy atom. The maximum Gasteiger partial charge on any atom is 0.306 e. The van der Waals surface area contributed by atoms with Gasteiger partial charge in [0.25, 0.3) is 0 Å². The molecule has 0 aliphatic heterocycles. The van der Waals surface area contributed by atoms with E-state index in [-0.39, 0.29) is 12.1 Å². The van der Waals surface area contributed by atoms with Gasteiger partial charge in [-0.2, -0.15) is 0 Å². The molecule has 0 atom stereocenters. The number of carbonyl (C=O) groups is 2. The van der Waals surface area contributed by atoms with Crippen LogP contribution in [0.2, 0.25) is 0 Å². The lowest BCUT2D eigenvalue weighted by molar-refractivity contribution is -0.150. The third-order valence-corrected chi connectivity index (χ3v) is 9.58. The second-order valence-corrected chi connectivity index (χ2v) is 14.1. The van der Waals surface area contributed by atoms with Crippen molar-refractivity contribution in [2.45, 2.75) is 193 Å². The van der Waals surface area contributed by atoms with Crippen LogP contribution in [0.5, 0.6) is 0 Å². The van der Waals surface area contributed by atoms with Crippen molar-refractivity contribution in [2.24, 2.45) is 0 Å². The SMILES string of the molecule is C=CCSNCCCN(CCCCCCCC=O)CCCCCCCC(=O)OC(CCCCCCCC)CCCCCCCC. The molecule has 0 aromatic rings. The van der Waals surface area contributed by atoms with E-state index in [1.165, 1.54) is 142 Å².